The lowest BCUT2D eigenvalue weighted by Gasteiger charge is -2.09. The van der Waals surface area contributed by atoms with Gasteiger partial charge in [0.15, 0.2) is 10.9 Å². The molecule has 4 aromatic rings. The van der Waals surface area contributed by atoms with Crippen molar-refractivity contribution in [3.05, 3.63) is 77.8 Å². The number of amides is 1. The SMILES string of the molecule is O=C(CSc1nnc(-c2ccco2)n1-c1ccccc1)Nc1ccc(Cl)cc1F. The van der Waals surface area contributed by atoms with Crippen LogP contribution in [0.1, 0.15) is 0 Å². The van der Waals surface area contributed by atoms with Crippen LogP contribution in [0.15, 0.2) is 76.5 Å². The molecule has 1 N–H and O–H groups in total. The molecule has 2 heterocycles. The molecule has 0 aliphatic carbocycles. The molecule has 0 radical (unpaired) electrons. The fourth-order valence-corrected chi connectivity index (χ4v) is 3.56. The Morgan fingerprint density at radius 1 is 1.14 bits per heavy atom. The molecule has 0 spiro atoms. The predicted molar refractivity (Wildman–Crippen MR) is 110 cm³/mol. The maximum absolute atomic E-state index is 13.9. The van der Waals surface area contributed by atoms with Crippen molar-refractivity contribution in [1.82, 2.24) is 14.8 Å². The third-order valence-corrected chi connectivity index (χ3v) is 5.09. The van der Waals surface area contributed by atoms with Crippen LogP contribution in [0.25, 0.3) is 17.3 Å². The Morgan fingerprint density at radius 3 is 2.69 bits per heavy atom. The van der Waals surface area contributed by atoms with Crippen LogP contribution in [0.2, 0.25) is 5.02 Å². The fourth-order valence-electron chi connectivity index (χ4n) is 2.65. The summed E-state index contributed by atoms with van der Waals surface area (Å²) >= 11 is 6.92. The number of rotatable bonds is 6. The highest BCUT2D eigenvalue weighted by molar-refractivity contribution is 7.99. The van der Waals surface area contributed by atoms with Gasteiger partial charge < -0.3 is 9.73 Å². The molecule has 0 fully saturated rings. The summed E-state index contributed by atoms with van der Waals surface area (Å²) in [6.07, 6.45) is 1.56. The lowest BCUT2D eigenvalue weighted by molar-refractivity contribution is -0.113. The third-order valence-electron chi connectivity index (χ3n) is 3.93. The van der Waals surface area contributed by atoms with Crippen molar-refractivity contribution in [2.45, 2.75) is 5.16 Å². The number of hydrogen-bond donors (Lipinski definition) is 1. The van der Waals surface area contributed by atoms with E-state index in [2.05, 4.69) is 15.5 Å². The van der Waals surface area contributed by atoms with Gasteiger partial charge in [-0.3, -0.25) is 9.36 Å². The molecule has 1 amide bonds. The molecule has 29 heavy (non-hydrogen) atoms. The third kappa shape index (κ3) is 4.33. The maximum Gasteiger partial charge on any atom is 0.234 e. The lowest BCUT2D eigenvalue weighted by atomic mass is 10.3. The smallest absolute Gasteiger partial charge is 0.234 e. The standard InChI is InChI=1S/C20H14ClFN4O2S/c21-13-8-9-16(15(22)11-13)23-18(27)12-29-20-25-24-19(17-7-4-10-28-17)26(20)14-5-2-1-3-6-14/h1-11H,12H2,(H,23,27). The van der Waals surface area contributed by atoms with E-state index in [1.165, 1.54) is 23.9 Å². The molecule has 2 aromatic carbocycles. The van der Waals surface area contributed by atoms with Gasteiger partial charge in [-0.25, -0.2) is 4.39 Å². The van der Waals surface area contributed by atoms with Crippen LogP contribution in [-0.4, -0.2) is 26.4 Å². The monoisotopic (exact) mass is 428 g/mol. The first kappa shape index (κ1) is 19.2. The summed E-state index contributed by atoms with van der Waals surface area (Å²) in [7, 11) is 0. The summed E-state index contributed by atoms with van der Waals surface area (Å²) in [5, 5.41) is 11.7. The molecule has 0 aliphatic rings. The van der Waals surface area contributed by atoms with Crippen molar-refractivity contribution >= 4 is 35.0 Å². The summed E-state index contributed by atoms with van der Waals surface area (Å²) in [6.45, 7) is 0. The Bertz CT molecular complexity index is 1130. The highest BCUT2D eigenvalue weighted by atomic mass is 35.5. The summed E-state index contributed by atoms with van der Waals surface area (Å²) in [5.74, 6) is 0.126. The first-order valence-electron chi connectivity index (χ1n) is 8.54. The summed E-state index contributed by atoms with van der Waals surface area (Å²) < 4.78 is 21.1. The first-order valence-corrected chi connectivity index (χ1v) is 9.90. The molecule has 0 unspecified atom stereocenters. The topological polar surface area (TPSA) is 73.0 Å². The number of carbonyl (C=O) groups is 1. The molecular weight excluding hydrogens is 415 g/mol. The molecular formula is C20H14ClFN4O2S. The zero-order chi connectivity index (χ0) is 20.2. The van der Waals surface area contributed by atoms with Crippen molar-refractivity contribution < 1.29 is 13.6 Å². The number of nitrogens with zero attached hydrogens (tertiary/aromatic N) is 3. The van der Waals surface area contributed by atoms with Crippen molar-refractivity contribution in [2.75, 3.05) is 11.1 Å². The number of aromatic nitrogens is 3. The molecule has 0 atom stereocenters. The van der Waals surface area contributed by atoms with E-state index in [0.717, 1.165) is 11.8 Å². The highest BCUT2D eigenvalue weighted by Gasteiger charge is 2.19. The largest absolute Gasteiger partial charge is 0.461 e. The number of halogens is 2. The van der Waals surface area contributed by atoms with Gasteiger partial charge in [-0.05, 0) is 42.5 Å². The molecule has 0 saturated carbocycles. The minimum Gasteiger partial charge on any atom is -0.461 e. The fraction of sp³-hybridized carbons (Fsp3) is 0.0500. The van der Waals surface area contributed by atoms with E-state index in [1.54, 1.807) is 23.0 Å². The van der Waals surface area contributed by atoms with E-state index in [0.29, 0.717) is 16.7 Å². The van der Waals surface area contributed by atoms with Crippen LogP contribution in [0.3, 0.4) is 0 Å². The average molecular weight is 429 g/mol. The van der Waals surface area contributed by atoms with Crippen LogP contribution in [0.5, 0.6) is 0 Å². The first-order chi connectivity index (χ1) is 14.1. The number of nitrogens with one attached hydrogen (secondary N) is 1. The Hall–Kier alpha value is -3.10. The van der Waals surface area contributed by atoms with Gasteiger partial charge in [-0.2, -0.15) is 0 Å². The second kappa shape index (κ2) is 8.50. The number of benzene rings is 2. The minimum atomic E-state index is -0.594. The number of furan rings is 1. The van der Waals surface area contributed by atoms with E-state index in [4.69, 9.17) is 16.0 Å². The van der Waals surface area contributed by atoms with Crippen LogP contribution < -0.4 is 5.32 Å². The van der Waals surface area contributed by atoms with Crippen molar-refractivity contribution in [3.63, 3.8) is 0 Å². The Kier molecular flexibility index (Phi) is 5.64. The summed E-state index contributed by atoms with van der Waals surface area (Å²) in [4.78, 5) is 12.3. The summed E-state index contributed by atoms with van der Waals surface area (Å²) in [6, 6.07) is 17.1. The van der Waals surface area contributed by atoms with Gasteiger partial charge in [0.1, 0.15) is 5.82 Å². The predicted octanol–water partition coefficient (Wildman–Crippen LogP) is 5.05. The molecule has 0 saturated heterocycles. The van der Waals surface area contributed by atoms with Crippen molar-refractivity contribution in [1.29, 1.82) is 0 Å². The van der Waals surface area contributed by atoms with E-state index < -0.39 is 5.82 Å². The maximum atomic E-state index is 13.9. The second-order valence-corrected chi connectivity index (χ2v) is 7.29. The van der Waals surface area contributed by atoms with Crippen LogP contribution in [0.4, 0.5) is 10.1 Å². The van der Waals surface area contributed by atoms with Gasteiger partial charge in [-0.15, -0.1) is 10.2 Å². The Labute approximate surface area is 174 Å². The van der Waals surface area contributed by atoms with E-state index in [-0.39, 0.29) is 22.4 Å². The zero-order valence-corrected chi connectivity index (χ0v) is 16.5. The quantitative estimate of drug-likeness (QED) is 0.435. The van der Waals surface area contributed by atoms with Gasteiger partial charge in [0.2, 0.25) is 11.7 Å². The Morgan fingerprint density at radius 2 is 1.97 bits per heavy atom. The van der Waals surface area contributed by atoms with E-state index in [9.17, 15) is 9.18 Å². The number of thioether (sulfide) groups is 1. The number of carbonyl (C=O) groups excluding carboxylic acids is 1. The zero-order valence-electron chi connectivity index (χ0n) is 14.9. The van der Waals surface area contributed by atoms with Gasteiger partial charge >= 0.3 is 0 Å². The molecule has 6 nitrogen and oxygen atoms in total. The van der Waals surface area contributed by atoms with Gasteiger partial charge in [-0.1, -0.05) is 41.6 Å². The van der Waals surface area contributed by atoms with E-state index >= 15 is 0 Å². The van der Waals surface area contributed by atoms with Crippen LogP contribution in [-0.2, 0) is 4.79 Å². The highest BCUT2D eigenvalue weighted by Crippen LogP contribution is 2.28. The van der Waals surface area contributed by atoms with Gasteiger partial charge in [0.25, 0.3) is 0 Å². The normalized spacial score (nSPS) is 10.8. The van der Waals surface area contributed by atoms with Crippen molar-refractivity contribution in [3.8, 4) is 17.3 Å². The number of hydrogen-bond acceptors (Lipinski definition) is 5. The lowest BCUT2D eigenvalue weighted by Crippen LogP contribution is -2.15. The minimum absolute atomic E-state index is 0.0190. The summed E-state index contributed by atoms with van der Waals surface area (Å²) in [5.41, 5.74) is 0.899. The molecule has 146 valence electrons. The van der Waals surface area contributed by atoms with E-state index in [1.807, 2.05) is 30.3 Å². The van der Waals surface area contributed by atoms with Crippen LogP contribution >= 0.6 is 23.4 Å². The Balaban J connectivity index is 1.55. The van der Waals surface area contributed by atoms with Gasteiger partial charge in [0.05, 0.1) is 17.7 Å². The molecule has 4 rings (SSSR count). The molecule has 0 aliphatic heterocycles. The molecule has 9 heteroatoms. The van der Waals surface area contributed by atoms with Crippen molar-refractivity contribution in [2.24, 2.45) is 0 Å². The number of para-hydroxylation sites is 1. The van der Waals surface area contributed by atoms with Crippen LogP contribution in [0, 0.1) is 5.82 Å². The molecule has 0 bridgehead atoms. The molecule has 2 aromatic heterocycles. The number of anilines is 1. The second-order valence-electron chi connectivity index (χ2n) is 5.92. The van der Waals surface area contributed by atoms with Gasteiger partial charge in [0, 0.05) is 10.7 Å². The average Bonchev–Trinajstić information content (AvgIpc) is 3.38.